The van der Waals surface area contributed by atoms with Gasteiger partial charge >= 0.3 is 0 Å². The SMILES string of the molecule is CCSC1=CCN(N)C=C1. The molecule has 0 aromatic carbocycles. The molecule has 0 bridgehead atoms. The molecule has 0 radical (unpaired) electrons. The van der Waals surface area contributed by atoms with Gasteiger partial charge in [-0.3, -0.25) is 0 Å². The van der Waals surface area contributed by atoms with Gasteiger partial charge < -0.3 is 5.01 Å². The zero-order valence-electron chi connectivity index (χ0n) is 6.08. The van der Waals surface area contributed by atoms with Crippen LogP contribution in [0.1, 0.15) is 6.92 Å². The maximum absolute atomic E-state index is 5.49. The highest BCUT2D eigenvalue weighted by atomic mass is 32.2. The Morgan fingerprint density at radius 1 is 1.80 bits per heavy atom. The van der Waals surface area contributed by atoms with Gasteiger partial charge in [0, 0.05) is 11.1 Å². The molecule has 0 aromatic heterocycles. The van der Waals surface area contributed by atoms with Crippen LogP contribution in [-0.2, 0) is 0 Å². The van der Waals surface area contributed by atoms with Crippen molar-refractivity contribution in [3.63, 3.8) is 0 Å². The first-order valence-electron chi connectivity index (χ1n) is 3.35. The van der Waals surface area contributed by atoms with Crippen molar-refractivity contribution < 1.29 is 0 Å². The van der Waals surface area contributed by atoms with Crippen LogP contribution in [0.5, 0.6) is 0 Å². The maximum Gasteiger partial charge on any atom is 0.0529 e. The van der Waals surface area contributed by atoms with Gasteiger partial charge in [0.25, 0.3) is 0 Å². The van der Waals surface area contributed by atoms with Crippen molar-refractivity contribution in [1.29, 1.82) is 0 Å². The summed E-state index contributed by atoms with van der Waals surface area (Å²) in [5.41, 5.74) is 0. The molecular formula is C7H12N2S. The number of allylic oxidation sites excluding steroid dienone is 1. The van der Waals surface area contributed by atoms with Crippen molar-refractivity contribution >= 4 is 11.8 Å². The second-order valence-corrected chi connectivity index (χ2v) is 3.39. The minimum absolute atomic E-state index is 0.832. The van der Waals surface area contributed by atoms with Gasteiger partial charge in [0.15, 0.2) is 0 Å². The summed E-state index contributed by atoms with van der Waals surface area (Å²) < 4.78 is 0. The van der Waals surface area contributed by atoms with Crippen molar-refractivity contribution in [2.75, 3.05) is 12.3 Å². The third-order valence-electron chi connectivity index (χ3n) is 1.24. The molecule has 2 nitrogen and oxygen atoms in total. The van der Waals surface area contributed by atoms with E-state index in [1.54, 1.807) is 5.01 Å². The van der Waals surface area contributed by atoms with Crippen molar-refractivity contribution in [1.82, 2.24) is 5.01 Å². The van der Waals surface area contributed by atoms with E-state index in [1.165, 1.54) is 4.91 Å². The Morgan fingerprint density at radius 3 is 3.10 bits per heavy atom. The lowest BCUT2D eigenvalue weighted by Gasteiger charge is -2.15. The molecule has 56 valence electrons. The van der Waals surface area contributed by atoms with Crippen molar-refractivity contribution in [3.05, 3.63) is 23.3 Å². The van der Waals surface area contributed by atoms with Gasteiger partial charge in [-0.1, -0.05) is 13.0 Å². The number of hydrogen-bond donors (Lipinski definition) is 1. The van der Waals surface area contributed by atoms with E-state index in [1.807, 2.05) is 24.0 Å². The molecule has 0 amide bonds. The summed E-state index contributed by atoms with van der Waals surface area (Å²) in [6, 6.07) is 0. The fourth-order valence-corrected chi connectivity index (χ4v) is 1.45. The highest BCUT2D eigenvalue weighted by Crippen LogP contribution is 2.18. The van der Waals surface area contributed by atoms with Gasteiger partial charge in [0.1, 0.15) is 0 Å². The Morgan fingerprint density at radius 2 is 2.60 bits per heavy atom. The zero-order valence-corrected chi connectivity index (χ0v) is 6.90. The van der Waals surface area contributed by atoms with Crippen LogP contribution in [0.25, 0.3) is 0 Å². The van der Waals surface area contributed by atoms with Crippen LogP contribution in [-0.4, -0.2) is 17.3 Å². The molecule has 0 saturated carbocycles. The smallest absolute Gasteiger partial charge is 0.0529 e. The first kappa shape index (κ1) is 7.69. The van der Waals surface area contributed by atoms with E-state index in [0.29, 0.717) is 0 Å². The predicted molar refractivity (Wildman–Crippen MR) is 46.2 cm³/mol. The van der Waals surface area contributed by atoms with Gasteiger partial charge in [-0.15, -0.1) is 11.8 Å². The summed E-state index contributed by atoms with van der Waals surface area (Å²) in [5, 5.41) is 1.67. The second kappa shape index (κ2) is 3.68. The molecule has 1 aliphatic rings. The third-order valence-corrected chi connectivity index (χ3v) is 2.17. The molecule has 0 unspecified atom stereocenters. The minimum Gasteiger partial charge on any atom is -0.314 e. The molecule has 0 spiro atoms. The molecule has 1 rings (SSSR count). The average molecular weight is 156 g/mol. The quantitative estimate of drug-likeness (QED) is 0.611. The maximum atomic E-state index is 5.49. The number of rotatable bonds is 2. The Hall–Kier alpha value is -0.410. The Labute approximate surface area is 65.7 Å². The van der Waals surface area contributed by atoms with Gasteiger partial charge in [0.05, 0.1) is 6.54 Å². The fourth-order valence-electron chi connectivity index (χ4n) is 0.767. The highest BCUT2D eigenvalue weighted by Gasteiger charge is 1.98. The number of thioether (sulfide) groups is 1. The molecule has 3 heteroatoms. The molecule has 0 atom stereocenters. The first-order chi connectivity index (χ1) is 4.83. The molecule has 0 aliphatic carbocycles. The Kier molecular flexibility index (Phi) is 2.83. The number of hydrogen-bond acceptors (Lipinski definition) is 3. The normalized spacial score (nSPS) is 17.4. The lowest BCUT2D eigenvalue weighted by Crippen LogP contribution is -2.26. The van der Waals surface area contributed by atoms with Crippen LogP contribution in [0, 0.1) is 0 Å². The Balaban J connectivity index is 2.42. The molecular weight excluding hydrogens is 144 g/mol. The number of hydrazine groups is 1. The predicted octanol–water partition coefficient (Wildman–Crippen LogP) is 1.33. The zero-order chi connectivity index (χ0) is 7.40. The average Bonchev–Trinajstić information content (AvgIpc) is 1.95. The molecule has 0 fully saturated rings. The summed E-state index contributed by atoms with van der Waals surface area (Å²) in [5.74, 6) is 6.61. The van der Waals surface area contributed by atoms with Crippen molar-refractivity contribution in [2.24, 2.45) is 5.84 Å². The van der Waals surface area contributed by atoms with E-state index in [0.717, 1.165) is 12.3 Å². The van der Waals surface area contributed by atoms with E-state index in [9.17, 15) is 0 Å². The molecule has 2 N–H and O–H groups in total. The third kappa shape index (κ3) is 2.08. The number of nitrogens with two attached hydrogens (primary N) is 1. The molecule has 10 heavy (non-hydrogen) atoms. The Bertz CT molecular complexity index is 163. The second-order valence-electron chi connectivity index (χ2n) is 2.05. The van der Waals surface area contributed by atoms with Crippen LogP contribution in [0.15, 0.2) is 23.3 Å². The monoisotopic (exact) mass is 156 g/mol. The standard InChI is InChI=1S/C7H12N2S/c1-2-10-7-3-5-9(8)6-4-7/h3-5H,2,6,8H2,1H3. The van der Waals surface area contributed by atoms with Crippen LogP contribution in [0.4, 0.5) is 0 Å². The van der Waals surface area contributed by atoms with E-state index < -0.39 is 0 Å². The van der Waals surface area contributed by atoms with Crippen LogP contribution >= 0.6 is 11.8 Å². The lowest BCUT2D eigenvalue weighted by molar-refractivity contribution is 0.434. The summed E-state index contributed by atoms with van der Waals surface area (Å²) in [7, 11) is 0. The summed E-state index contributed by atoms with van der Waals surface area (Å²) in [6.45, 7) is 2.98. The molecule has 1 aliphatic heterocycles. The van der Waals surface area contributed by atoms with E-state index in [2.05, 4.69) is 13.0 Å². The lowest BCUT2D eigenvalue weighted by atomic mass is 10.4. The van der Waals surface area contributed by atoms with Crippen molar-refractivity contribution in [2.45, 2.75) is 6.92 Å². The molecule has 0 saturated heterocycles. The van der Waals surface area contributed by atoms with E-state index in [-0.39, 0.29) is 0 Å². The van der Waals surface area contributed by atoms with Gasteiger partial charge in [-0.05, 0) is 11.8 Å². The summed E-state index contributed by atoms with van der Waals surface area (Å²) in [6.07, 6.45) is 6.07. The fraction of sp³-hybridized carbons (Fsp3) is 0.429. The van der Waals surface area contributed by atoms with Gasteiger partial charge in [-0.2, -0.15) is 0 Å². The largest absolute Gasteiger partial charge is 0.314 e. The molecule has 1 heterocycles. The summed E-state index contributed by atoms with van der Waals surface area (Å²) in [4.78, 5) is 1.32. The van der Waals surface area contributed by atoms with Crippen LogP contribution in [0.3, 0.4) is 0 Å². The van der Waals surface area contributed by atoms with Crippen LogP contribution < -0.4 is 5.84 Å². The highest BCUT2D eigenvalue weighted by molar-refractivity contribution is 8.03. The van der Waals surface area contributed by atoms with E-state index >= 15 is 0 Å². The minimum atomic E-state index is 0.832. The van der Waals surface area contributed by atoms with E-state index in [4.69, 9.17) is 5.84 Å². The molecule has 0 aromatic rings. The van der Waals surface area contributed by atoms with Crippen LogP contribution in [0.2, 0.25) is 0 Å². The van der Waals surface area contributed by atoms with Gasteiger partial charge in [0.2, 0.25) is 0 Å². The van der Waals surface area contributed by atoms with Crippen molar-refractivity contribution in [3.8, 4) is 0 Å². The van der Waals surface area contributed by atoms with Gasteiger partial charge in [-0.25, -0.2) is 5.84 Å². The number of nitrogens with zero attached hydrogens (tertiary/aromatic N) is 1. The topological polar surface area (TPSA) is 29.3 Å². The summed E-state index contributed by atoms with van der Waals surface area (Å²) >= 11 is 1.85. The first-order valence-corrected chi connectivity index (χ1v) is 4.34.